The fourth-order valence-electron chi connectivity index (χ4n) is 4.26. The van der Waals surface area contributed by atoms with Crippen LogP contribution in [-0.2, 0) is 14.8 Å². The monoisotopic (exact) mass is 420 g/mol. The second kappa shape index (κ2) is 7.37. The summed E-state index contributed by atoms with van der Waals surface area (Å²) in [6, 6.07) is 3.96. The van der Waals surface area contributed by atoms with Crippen LogP contribution in [0.3, 0.4) is 0 Å². The highest BCUT2D eigenvalue weighted by Gasteiger charge is 2.44. The summed E-state index contributed by atoms with van der Waals surface area (Å²) < 4.78 is 27.5. The molecule has 0 unspecified atom stereocenters. The number of H-pyrrole nitrogens is 1. The molecule has 2 aliphatic heterocycles. The molecule has 2 N–H and O–H groups in total. The molecule has 4 heterocycles. The minimum Gasteiger partial charge on any atom is -0.390 e. The molecule has 158 valence electrons. The molecule has 2 aromatic rings. The Morgan fingerprint density at radius 1 is 1.31 bits per heavy atom. The second-order valence-corrected chi connectivity index (χ2v) is 11.0. The topological polar surface area (TPSA) is 107 Å². The molecule has 2 aromatic heterocycles. The van der Waals surface area contributed by atoms with Crippen molar-refractivity contribution in [1.82, 2.24) is 19.2 Å². The standard InChI is InChI=1S/C20H28N4O4S/c1-20(2,26)10-18(25)23-12-15(13-23)29(27,28)24-8-5-14(6-9-24)17-11-22-19-16(17)4-3-7-21-19/h3-4,7,11,14-15,26H,5-6,8-10,12-13H2,1-2H3,(H,21,22). The summed E-state index contributed by atoms with van der Waals surface area (Å²) in [6.07, 6.45) is 5.30. The Hall–Kier alpha value is -1.97. The van der Waals surface area contributed by atoms with Crippen LogP contribution in [0.15, 0.2) is 24.5 Å². The SMILES string of the molecule is CC(C)(O)CC(=O)N1CC(S(=O)(=O)N2CCC(c3c[nH]c4ncccc34)CC2)C1. The lowest BCUT2D eigenvalue weighted by Crippen LogP contribution is -2.61. The molecule has 29 heavy (non-hydrogen) atoms. The van der Waals surface area contributed by atoms with Crippen LogP contribution in [0, 0.1) is 0 Å². The van der Waals surface area contributed by atoms with Gasteiger partial charge in [0.15, 0.2) is 0 Å². The second-order valence-electron chi connectivity index (χ2n) is 8.77. The molecule has 2 saturated heterocycles. The Morgan fingerprint density at radius 3 is 2.66 bits per heavy atom. The number of piperidine rings is 1. The zero-order valence-corrected chi connectivity index (χ0v) is 17.7. The number of rotatable bonds is 5. The first kappa shape index (κ1) is 20.3. The third-order valence-electron chi connectivity index (χ3n) is 5.94. The third kappa shape index (κ3) is 4.04. The van der Waals surface area contributed by atoms with E-state index in [4.69, 9.17) is 0 Å². The lowest BCUT2D eigenvalue weighted by atomic mass is 9.90. The number of likely N-dealkylation sites (tertiary alicyclic amines) is 1. The van der Waals surface area contributed by atoms with Crippen molar-refractivity contribution in [3.8, 4) is 0 Å². The highest BCUT2D eigenvalue weighted by molar-refractivity contribution is 7.89. The largest absolute Gasteiger partial charge is 0.390 e. The highest BCUT2D eigenvalue weighted by Crippen LogP contribution is 2.34. The number of amides is 1. The van der Waals surface area contributed by atoms with Gasteiger partial charge in [-0.3, -0.25) is 4.79 Å². The molecule has 0 saturated carbocycles. The maximum atomic E-state index is 12.9. The number of sulfonamides is 1. The van der Waals surface area contributed by atoms with Gasteiger partial charge < -0.3 is 15.0 Å². The summed E-state index contributed by atoms with van der Waals surface area (Å²) in [7, 11) is -3.41. The zero-order chi connectivity index (χ0) is 20.8. The minimum absolute atomic E-state index is 0.00460. The Labute approximate surface area is 171 Å². The Morgan fingerprint density at radius 2 is 2.00 bits per heavy atom. The van der Waals surface area contributed by atoms with Gasteiger partial charge in [-0.05, 0) is 50.3 Å². The van der Waals surface area contributed by atoms with Crippen LogP contribution in [0.5, 0.6) is 0 Å². The van der Waals surface area contributed by atoms with Crippen LogP contribution < -0.4 is 0 Å². The van der Waals surface area contributed by atoms with Crippen LogP contribution in [0.1, 0.15) is 44.6 Å². The number of aliphatic hydroxyl groups is 1. The molecule has 2 aliphatic rings. The fraction of sp³-hybridized carbons (Fsp3) is 0.600. The van der Waals surface area contributed by atoms with E-state index in [1.165, 1.54) is 10.5 Å². The number of nitrogens with one attached hydrogen (secondary N) is 1. The van der Waals surface area contributed by atoms with Crippen molar-refractivity contribution >= 4 is 27.0 Å². The highest BCUT2D eigenvalue weighted by atomic mass is 32.2. The van der Waals surface area contributed by atoms with Gasteiger partial charge in [-0.15, -0.1) is 0 Å². The number of nitrogens with zero attached hydrogens (tertiary/aromatic N) is 3. The van der Waals surface area contributed by atoms with Gasteiger partial charge >= 0.3 is 0 Å². The summed E-state index contributed by atoms with van der Waals surface area (Å²) in [6.45, 7) is 4.57. The molecule has 0 radical (unpaired) electrons. The molecule has 0 bridgehead atoms. The van der Waals surface area contributed by atoms with Gasteiger partial charge in [0.2, 0.25) is 15.9 Å². The van der Waals surface area contributed by atoms with Crippen molar-refractivity contribution in [2.24, 2.45) is 0 Å². The maximum absolute atomic E-state index is 12.9. The van der Waals surface area contributed by atoms with Crippen molar-refractivity contribution in [1.29, 1.82) is 0 Å². The number of carbonyl (C=O) groups is 1. The average Bonchev–Trinajstić information content (AvgIpc) is 3.03. The number of fused-ring (bicyclic) bond motifs is 1. The van der Waals surface area contributed by atoms with Crippen LogP contribution >= 0.6 is 0 Å². The first-order chi connectivity index (χ1) is 13.6. The Balaban J connectivity index is 1.34. The third-order valence-corrected chi connectivity index (χ3v) is 8.17. The molecule has 0 aliphatic carbocycles. The van der Waals surface area contributed by atoms with Crippen LogP contribution in [-0.4, -0.2) is 75.6 Å². The van der Waals surface area contributed by atoms with E-state index in [9.17, 15) is 18.3 Å². The van der Waals surface area contributed by atoms with Crippen molar-refractivity contribution in [3.63, 3.8) is 0 Å². The van der Waals surface area contributed by atoms with Gasteiger partial charge in [-0.2, -0.15) is 0 Å². The van der Waals surface area contributed by atoms with Crippen molar-refractivity contribution in [2.75, 3.05) is 26.2 Å². The number of hydrogen-bond donors (Lipinski definition) is 2. The number of pyridine rings is 1. The van der Waals surface area contributed by atoms with Crippen LogP contribution in [0.2, 0.25) is 0 Å². The summed E-state index contributed by atoms with van der Waals surface area (Å²) in [4.78, 5) is 21.2. The summed E-state index contributed by atoms with van der Waals surface area (Å²) in [5, 5.41) is 10.3. The molecule has 9 heteroatoms. The predicted octanol–water partition coefficient (Wildman–Crippen LogP) is 1.44. The smallest absolute Gasteiger partial charge is 0.225 e. The van der Waals surface area contributed by atoms with Gasteiger partial charge in [-0.25, -0.2) is 17.7 Å². The number of hydrogen-bond acceptors (Lipinski definition) is 5. The average molecular weight is 421 g/mol. The first-order valence-corrected chi connectivity index (χ1v) is 11.6. The maximum Gasteiger partial charge on any atom is 0.225 e. The first-order valence-electron chi connectivity index (χ1n) is 10.1. The molecule has 0 aromatic carbocycles. The van der Waals surface area contributed by atoms with E-state index in [0.717, 1.165) is 23.9 Å². The van der Waals surface area contributed by atoms with Crippen LogP contribution in [0.25, 0.3) is 11.0 Å². The van der Waals surface area contributed by atoms with Crippen molar-refractivity contribution < 1.29 is 18.3 Å². The predicted molar refractivity (Wildman–Crippen MR) is 110 cm³/mol. The number of aromatic nitrogens is 2. The van der Waals surface area contributed by atoms with E-state index in [-0.39, 0.29) is 25.4 Å². The Kier molecular flexibility index (Phi) is 5.16. The van der Waals surface area contributed by atoms with Gasteiger partial charge in [0.1, 0.15) is 10.9 Å². The van der Waals surface area contributed by atoms with Crippen LogP contribution in [0.4, 0.5) is 0 Å². The van der Waals surface area contributed by atoms with E-state index >= 15 is 0 Å². The van der Waals surface area contributed by atoms with E-state index in [1.54, 1.807) is 24.3 Å². The van der Waals surface area contributed by atoms with Crippen molar-refractivity contribution in [3.05, 3.63) is 30.1 Å². The molecule has 4 rings (SSSR count). The normalized spacial score (nSPS) is 20.2. The van der Waals surface area contributed by atoms with E-state index < -0.39 is 20.9 Å². The Bertz CT molecular complexity index is 997. The summed E-state index contributed by atoms with van der Waals surface area (Å²) in [5.41, 5.74) is 0.987. The molecular weight excluding hydrogens is 392 g/mol. The van der Waals surface area contributed by atoms with E-state index in [2.05, 4.69) is 9.97 Å². The van der Waals surface area contributed by atoms with E-state index in [0.29, 0.717) is 19.0 Å². The minimum atomic E-state index is -3.41. The summed E-state index contributed by atoms with van der Waals surface area (Å²) >= 11 is 0. The fourth-order valence-corrected chi connectivity index (χ4v) is 6.14. The molecule has 0 spiro atoms. The molecule has 8 nitrogen and oxygen atoms in total. The number of carbonyl (C=O) groups excluding carboxylic acids is 1. The number of aromatic amines is 1. The van der Waals surface area contributed by atoms with E-state index in [1.807, 2.05) is 18.3 Å². The van der Waals surface area contributed by atoms with Gasteiger partial charge in [0.05, 0.1) is 12.0 Å². The van der Waals surface area contributed by atoms with Gasteiger partial charge in [-0.1, -0.05) is 0 Å². The molecule has 0 atom stereocenters. The zero-order valence-electron chi connectivity index (χ0n) is 16.8. The molecule has 2 fully saturated rings. The van der Waals surface area contributed by atoms with Gasteiger partial charge in [0, 0.05) is 44.0 Å². The van der Waals surface area contributed by atoms with Crippen molar-refractivity contribution in [2.45, 2.75) is 49.9 Å². The summed E-state index contributed by atoms with van der Waals surface area (Å²) in [5.74, 6) is 0.112. The lowest BCUT2D eigenvalue weighted by molar-refractivity contribution is -0.138. The molecule has 1 amide bonds. The molecular formula is C20H28N4O4S. The van der Waals surface area contributed by atoms with Gasteiger partial charge in [0.25, 0.3) is 0 Å². The quantitative estimate of drug-likeness (QED) is 0.761. The lowest BCUT2D eigenvalue weighted by Gasteiger charge is -2.42.